The maximum Gasteiger partial charge on any atom is 0.251 e. The van der Waals surface area contributed by atoms with Crippen molar-refractivity contribution in [2.75, 3.05) is 0 Å². The molecule has 0 aliphatic heterocycles. The minimum Gasteiger partial charge on any atom is -0.301 e. The van der Waals surface area contributed by atoms with Crippen molar-refractivity contribution < 1.29 is 0 Å². The first-order valence-electron chi connectivity index (χ1n) is 6.42. The van der Waals surface area contributed by atoms with E-state index < -0.39 is 0 Å². The molecule has 0 radical (unpaired) electrons. The highest BCUT2D eigenvalue weighted by Crippen LogP contribution is 2.26. The Hall–Kier alpha value is -1.27. The highest BCUT2D eigenvalue weighted by Gasteiger charge is 2.12. The largest absolute Gasteiger partial charge is 0.301 e. The van der Waals surface area contributed by atoms with Gasteiger partial charge in [0.2, 0.25) is 0 Å². The summed E-state index contributed by atoms with van der Waals surface area (Å²) >= 11 is 7.65. The molecule has 2 aromatic rings. The van der Waals surface area contributed by atoms with Crippen LogP contribution < -0.4 is 5.56 Å². The van der Waals surface area contributed by atoms with Crippen molar-refractivity contribution >= 4 is 23.4 Å². The van der Waals surface area contributed by atoms with Gasteiger partial charge in [-0.25, -0.2) is 4.98 Å². The predicted octanol–water partition coefficient (Wildman–Crippen LogP) is 2.71. The van der Waals surface area contributed by atoms with Crippen molar-refractivity contribution in [2.24, 2.45) is 7.05 Å². The van der Waals surface area contributed by atoms with Gasteiger partial charge < -0.3 is 4.98 Å². The summed E-state index contributed by atoms with van der Waals surface area (Å²) in [6.07, 6.45) is 1.78. The van der Waals surface area contributed by atoms with Crippen LogP contribution in [-0.4, -0.2) is 19.7 Å². The molecule has 0 unspecified atom stereocenters. The number of thioether (sulfide) groups is 1. The van der Waals surface area contributed by atoms with Crippen molar-refractivity contribution in [3.8, 4) is 0 Å². The number of aromatic amines is 1. The van der Waals surface area contributed by atoms with Crippen LogP contribution in [0.2, 0.25) is 5.15 Å². The topological polar surface area (TPSA) is 63.6 Å². The van der Waals surface area contributed by atoms with Crippen LogP contribution in [0.25, 0.3) is 0 Å². The lowest BCUT2D eigenvalue weighted by molar-refractivity contribution is 0.757. The lowest BCUT2D eigenvalue weighted by atomic mass is 10.2. The molecule has 0 amide bonds. The van der Waals surface area contributed by atoms with Crippen LogP contribution in [0.3, 0.4) is 0 Å². The lowest BCUT2D eigenvalue weighted by Gasteiger charge is -2.03. The molecule has 0 fully saturated rings. The Labute approximate surface area is 126 Å². The van der Waals surface area contributed by atoms with Gasteiger partial charge in [0.1, 0.15) is 5.15 Å². The normalized spacial score (nSPS) is 11.0. The maximum atomic E-state index is 11.6. The molecule has 2 aromatic heterocycles. The third kappa shape index (κ3) is 3.43. The molecular formula is C13H17ClN4OS. The Morgan fingerprint density at radius 3 is 2.85 bits per heavy atom. The third-order valence-electron chi connectivity index (χ3n) is 2.90. The smallest absolute Gasteiger partial charge is 0.251 e. The van der Waals surface area contributed by atoms with Crippen LogP contribution in [-0.2, 0) is 19.2 Å². The molecule has 0 saturated heterocycles. The second-order valence-electron chi connectivity index (χ2n) is 4.56. The van der Waals surface area contributed by atoms with Crippen LogP contribution in [0.1, 0.15) is 30.3 Å². The highest BCUT2D eigenvalue weighted by atomic mass is 35.5. The van der Waals surface area contributed by atoms with E-state index in [0.717, 1.165) is 29.8 Å². The van der Waals surface area contributed by atoms with E-state index >= 15 is 0 Å². The first-order chi connectivity index (χ1) is 9.51. The minimum atomic E-state index is -0.111. The SMILES string of the molecule is CCCc1cc(=O)[nH]c(SCc2c(C)nn(C)c2Cl)n1. The highest BCUT2D eigenvalue weighted by molar-refractivity contribution is 7.98. The average molecular weight is 313 g/mol. The van der Waals surface area contributed by atoms with E-state index in [-0.39, 0.29) is 5.56 Å². The Morgan fingerprint density at radius 2 is 2.25 bits per heavy atom. The summed E-state index contributed by atoms with van der Waals surface area (Å²) in [5.41, 5.74) is 2.59. The Kier molecular flexibility index (Phi) is 4.88. The van der Waals surface area contributed by atoms with Gasteiger partial charge in [-0.2, -0.15) is 5.10 Å². The van der Waals surface area contributed by atoms with Gasteiger partial charge in [-0.1, -0.05) is 36.7 Å². The van der Waals surface area contributed by atoms with Gasteiger partial charge in [-0.3, -0.25) is 9.48 Å². The molecule has 20 heavy (non-hydrogen) atoms. The number of halogens is 1. The molecule has 2 rings (SSSR count). The van der Waals surface area contributed by atoms with E-state index in [2.05, 4.69) is 22.0 Å². The van der Waals surface area contributed by atoms with Gasteiger partial charge in [0, 0.05) is 30.1 Å². The van der Waals surface area contributed by atoms with Crippen LogP contribution in [0.4, 0.5) is 0 Å². The van der Waals surface area contributed by atoms with E-state index in [1.165, 1.54) is 11.8 Å². The Morgan fingerprint density at radius 1 is 1.50 bits per heavy atom. The Bertz CT molecular complexity index is 665. The summed E-state index contributed by atoms with van der Waals surface area (Å²) in [7, 11) is 1.81. The van der Waals surface area contributed by atoms with Gasteiger partial charge >= 0.3 is 0 Å². The number of hydrogen-bond donors (Lipinski definition) is 1. The number of nitrogens with zero attached hydrogens (tertiary/aromatic N) is 3. The van der Waals surface area contributed by atoms with Crippen LogP contribution in [0.15, 0.2) is 16.0 Å². The van der Waals surface area contributed by atoms with Gasteiger partial charge in [0.25, 0.3) is 5.56 Å². The van der Waals surface area contributed by atoms with Crippen molar-refractivity contribution in [2.45, 2.75) is 37.6 Å². The van der Waals surface area contributed by atoms with E-state index in [9.17, 15) is 4.79 Å². The molecule has 0 spiro atoms. The maximum absolute atomic E-state index is 11.6. The van der Waals surface area contributed by atoms with E-state index in [4.69, 9.17) is 11.6 Å². The standard InChI is InChI=1S/C13H17ClN4OS/c1-4-5-9-6-11(19)16-13(15-9)20-7-10-8(2)17-18(3)12(10)14/h6H,4-5,7H2,1-3H3,(H,15,16,19). The zero-order valence-electron chi connectivity index (χ0n) is 11.7. The van der Waals surface area contributed by atoms with Gasteiger partial charge in [-0.05, 0) is 13.3 Å². The van der Waals surface area contributed by atoms with Crippen molar-refractivity contribution in [1.29, 1.82) is 0 Å². The molecule has 0 bridgehead atoms. The summed E-state index contributed by atoms with van der Waals surface area (Å²) < 4.78 is 1.65. The minimum absolute atomic E-state index is 0.111. The fourth-order valence-electron chi connectivity index (χ4n) is 1.91. The molecular weight excluding hydrogens is 296 g/mol. The zero-order valence-corrected chi connectivity index (χ0v) is 13.3. The van der Waals surface area contributed by atoms with Crippen molar-refractivity contribution in [3.05, 3.63) is 38.5 Å². The van der Waals surface area contributed by atoms with Crippen molar-refractivity contribution in [1.82, 2.24) is 19.7 Å². The molecule has 2 heterocycles. The molecule has 0 atom stereocenters. The predicted molar refractivity (Wildman–Crippen MR) is 81.4 cm³/mol. The molecule has 0 aliphatic rings. The van der Waals surface area contributed by atoms with E-state index in [0.29, 0.717) is 16.1 Å². The molecule has 0 aromatic carbocycles. The average Bonchev–Trinajstić information content (AvgIpc) is 2.61. The third-order valence-corrected chi connectivity index (χ3v) is 4.27. The summed E-state index contributed by atoms with van der Waals surface area (Å²) in [5.74, 6) is 0.636. The zero-order chi connectivity index (χ0) is 14.7. The number of aromatic nitrogens is 4. The van der Waals surface area contributed by atoms with Gasteiger partial charge in [0.15, 0.2) is 5.16 Å². The van der Waals surface area contributed by atoms with Crippen molar-refractivity contribution in [3.63, 3.8) is 0 Å². The van der Waals surface area contributed by atoms with Crippen LogP contribution in [0, 0.1) is 6.92 Å². The number of hydrogen-bond acceptors (Lipinski definition) is 4. The van der Waals surface area contributed by atoms with E-state index in [1.807, 2.05) is 14.0 Å². The fraction of sp³-hybridized carbons (Fsp3) is 0.462. The molecule has 1 N–H and O–H groups in total. The second-order valence-corrected chi connectivity index (χ2v) is 5.88. The Balaban J connectivity index is 2.16. The molecule has 5 nitrogen and oxygen atoms in total. The summed E-state index contributed by atoms with van der Waals surface area (Å²) in [5, 5.41) is 5.52. The van der Waals surface area contributed by atoms with Crippen LogP contribution in [0.5, 0.6) is 0 Å². The number of aryl methyl sites for hydroxylation is 3. The van der Waals surface area contributed by atoms with Gasteiger partial charge in [0.05, 0.1) is 5.69 Å². The van der Waals surface area contributed by atoms with E-state index in [1.54, 1.807) is 10.7 Å². The fourth-order valence-corrected chi connectivity index (χ4v) is 3.22. The molecule has 0 saturated carbocycles. The monoisotopic (exact) mass is 312 g/mol. The summed E-state index contributed by atoms with van der Waals surface area (Å²) in [4.78, 5) is 18.8. The van der Waals surface area contributed by atoms with Crippen LogP contribution >= 0.6 is 23.4 Å². The van der Waals surface area contributed by atoms with Gasteiger partial charge in [-0.15, -0.1) is 0 Å². The molecule has 108 valence electrons. The summed E-state index contributed by atoms with van der Waals surface area (Å²) in [6, 6.07) is 1.55. The number of H-pyrrole nitrogens is 1. The second kappa shape index (κ2) is 6.45. The number of rotatable bonds is 5. The first kappa shape index (κ1) is 15.1. The molecule has 0 aliphatic carbocycles. The lowest BCUT2D eigenvalue weighted by Crippen LogP contribution is -2.10. The number of nitrogens with one attached hydrogen (secondary N) is 1. The summed E-state index contributed by atoms with van der Waals surface area (Å²) in [6.45, 7) is 3.99. The molecule has 7 heteroatoms. The quantitative estimate of drug-likeness (QED) is 0.681. The first-order valence-corrected chi connectivity index (χ1v) is 7.78.